The fourth-order valence-electron chi connectivity index (χ4n) is 2.27. The lowest BCUT2D eigenvalue weighted by Crippen LogP contribution is -2.17. The van der Waals surface area contributed by atoms with Gasteiger partial charge in [-0.3, -0.25) is 4.90 Å². The van der Waals surface area contributed by atoms with Crippen LogP contribution in [0.25, 0.3) is 0 Å². The maximum atomic E-state index is 13.6. The maximum absolute atomic E-state index is 13.6. The van der Waals surface area contributed by atoms with Crippen LogP contribution in [0.5, 0.6) is 0 Å². The standard InChI is InChI=1S/C16H21FN2O/c1-12-14(9-18-2)8-15(20-12)11-19(3)10-13-6-4-5-7-16(13)17/h4-8,18H,9-11H2,1-3H3. The Morgan fingerprint density at radius 3 is 2.65 bits per heavy atom. The molecular weight excluding hydrogens is 255 g/mol. The summed E-state index contributed by atoms with van der Waals surface area (Å²) in [5, 5.41) is 3.12. The molecule has 1 N–H and O–H groups in total. The first-order valence-corrected chi connectivity index (χ1v) is 6.75. The minimum absolute atomic E-state index is 0.161. The lowest BCUT2D eigenvalue weighted by atomic mass is 10.2. The molecule has 0 bridgehead atoms. The number of nitrogens with one attached hydrogen (secondary N) is 1. The minimum Gasteiger partial charge on any atom is -0.465 e. The average molecular weight is 276 g/mol. The van der Waals surface area contributed by atoms with Gasteiger partial charge in [0.05, 0.1) is 6.54 Å². The summed E-state index contributed by atoms with van der Waals surface area (Å²) in [7, 11) is 3.87. The predicted molar refractivity (Wildman–Crippen MR) is 77.8 cm³/mol. The molecule has 0 fully saturated rings. The largest absolute Gasteiger partial charge is 0.465 e. The van der Waals surface area contributed by atoms with Gasteiger partial charge in [0.25, 0.3) is 0 Å². The van der Waals surface area contributed by atoms with Crippen LogP contribution in [-0.4, -0.2) is 19.0 Å². The summed E-state index contributed by atoms with van der Waals surface area (Å²) in [4.78, 5) is 2.04. The van der Waals surface area contributed by atoms with Crippen molar-refractivity contribution in [1.29, 1.82) is 0 Å². The fraction of sp³-hybridized carbons (Fsp3) is 0.375. The zero-order valence-electron chi connectivity index (χ0n) is 12.2. The molecule has 0 aliphatic heterocycles. The molecule has 1 aromatic heterocycles. The Labute approximate surface area is 119 Å². The van der Waals surface area contributed by atoms with E-state index in [1.165, 1.54) is 11.6 Å². The topological polar surface area (TPSA) is 28.4 Å². The molecule has 0 aliphatic carbocycles. The molecular formula is C16H21FN2O. The van der Waals surface area contributed by atoms with Gasteiger partial charge in [-0.2, -0.15) is 0 Å². The van der Waals surface area contributed by atoms with Crippen molar-refractivity contribution in [3.63, 3.8) is 0 Å². The summed E-state index contributed by atoms with van der Waals surface area (Å²) in [6.45, 7) is 3.99. The molecule has 0 spiro atoms. The average Bonchev–Trinajstić information content (AvgIpc) is 2.73. The summed E-state index contributed by atoms with van der Waals surface area (Å²) < 4.78 is 19.3. The SMILES string of the molecule is CNCc1cc(CN(C)Cc2ccccc2F)oc1C. The minimum atomic E-state index is -0.161. The van der Waals surface area contributed by atoms with E-state index in [9.17, 15) is 4.39 Å². The van der Waals surface area contributed by atoms with Crippen LogP contribution >= 0.6 is 0 Å². The predicted octanol–water partition coefficient (Wildman–Crippen LogP) is 3.08. The summed E-state index contributed by atoms with van der Waals surface area (Å²) in [6.07, 6.45) is 0. The number of furan rings is 1. The molecule has 2 aromatic rings. The highest BCUT2D eigenvalue weighted by Crippen LogP contribution is 2.17. The molecule has 20 heavy (non-hydrogen) atoms. The molecule has 0 saturated heterocycles. The summed E-state index contributed by atoms with van der Waals surface area (Å²) in [5.41, 5.74) is 1.87. The van der Waals surface area contributed by atoms with Gasteiger partial charge in [0.2, 0.25) is 0 Å². The highest BCUT2D eigenvalue weighted by Gasteiger charge is 2.10. The quantitative estimate of drug-likeness (QED) is 0.879. The van der Waals surface area contributed by atoms with Crippen LogP contribution in [0, 0.1) is 12.7 Å². The lowest BCUT2D eigenvalue weighted by molar-refractivity contribution is 0.281. The molecule has 0 saturated carbocycles. The first kappa shape index (κ1) is 14.8. The van der Waals surface area contributed by atoms with Crippen LogP contribution in [0.1, 0.15) is 22.6 Å². The Balaban J connectivity index is 1.99. The molecule has 4 heteroatoms. The third-order valence-corrected chi connectivity index (χ3v) is 3.26. The van der Waals surface area contributed by atoms with E-state index in [0.29, 0.717) is 18.7 Å². The number of benzene rings is 1. The molecule has 0 amide bonds. The second kappa shape index (κ2) is 6.68. The van der Waals surface area contributed by atoms with Gasteiger partial charge in [-0.15, -0.1) is 0 Å². The van der Waals surface area contributed by atoms with E-state index in [4.69, 9.17) is 4.42 Å². The van der Waals surface area contributed by atoms with Gasteiger partial charge >= 0.3 is 0 Å². The Morgan fingerprint density at radius 2 is 1.95 bits per heavy atom. The molecule has 0 aliphatic rings. The molecule has 2 rings (SSSR count). The molecule has 108 valence electrons. The van der Waals surface area contributed by atoms with Crippen molar-refractivity contribution < 1.29 is 8.81 Å². The van der Waals surface area contributed by atoms with Crippen molar-refractivity contribution in [3.8, 4) is 0 Å². The van der Waals surface area contributed by atoms with Gasteiger partial charge in [-0.1, -0.05) is 18.2 Å². The van der Waals surface area contributed by atoms with Gasteiger partial charge in [0.1, 0.15) is 17.3 Å². The van der Waals surface area contributed by atoms with Crippen LogP contribution in [0.3, 0.4) is 0 Å². The molecule has 0 atom stereocenters. The van der Waals surface area contributed by atoms with Gasteiger partial charge < -0.3 is 9.73 Å². The van der Waals surface area contributed by atoms with Crippen LogP contribution in [-0.2, 0) is 19.6 Å². The summed E-state index contributed by atoms with van der Waals surface area (Å²) >= 11 is 0. The normalized spacial score (nSPS) is 11.2. The van der Waals surface area contributed by atoms with Crippen LogP contribution in [0.4, 0.5) is 4.39 Å². The zero-order valence-corrected chi connectivity index (χ0v) is 12.2. The van der Waals surface area contributed by atoms with Gasteiger partial charge in [-0.25, -0.2) is 4.39 Å². The van der Waals surface area contributed by atoms with E-state index in [0.717, 1.165) is 18.1 Å². The van der Waals surface area contributed by atoms with E-state index >= 15 is 0 Å². The highest BCUT2D eigenvalue weighted by atomic mass is 19.1. The molecule has 0 unspecified atom stereocenters. The second-order valence-electron chi connectivity index (χ2n) is 5.09. The molecule has 0 radical (unpaired) electrons. The number of hydrogen-bond donors (Lipinski definition) is 1. The zero-order chi connectivity index (χ0) is 14.5. The van der Waals surface area contributed by atoms with Gasteiger partial charge in [0.15, 0.2) is 0 Å². The van der Waals surface area contributed by atoms with Crippen LogP contribution in [0.2, 0.25) is 0 Å². The molecule has 3 nitrogen and oxygen atoms in total. The van der Waals surface area contributed by atoms with Gasteiger partial charge in [-0.05, 0) is 33.2 Å². The van der Waals surface area contributed by atoms with E-state index in [1.54, 1.807) is 6.07 Å². The maximum Gasteiger partial charge on any atom is 0.127 e. The molecule has 1 heterocycles. The van der Waals surface area contributed by atoms with E-state index in [2.05, 4.69) is 11.4 Å². The number of halogens is 1. The van der Waals surface area contributed by atoms with Crippen molar-refractivity contribution in [2.45, 2.75) is 26.6 Å². The Morgan fingerprint density at radius 1 is 1.20 bits per heavy atom. The fourth-order valence-corrected chi connectivity index (χ4v) is 2.27. The van der Waals surface area contributed by atoms with Crippen LogP contribution in [0.15, 0.2) is 34.7 Å². The summed E-state index contributed by atoms with van der Waals surface area (Å²) in [6, 6.07) is 8.92. The number of aryl methyl sites for hydroxylation is 1. The number of nitrogens with zero attached hydrogens (tertiary/aromatic N) is 1. The van der Waals surface area contributed by atoms with E-state index in [1.807, 2.05) is 38.1 Å². The number of rotatable bonds is 6. The smallest absolute Gasteiger partial charge is 0.127 e. The highest BCUT2D eigenvalue weighted by molar-refractivity contribution is 5.21. The van der Waals surface area contributed by atoms with Crippen molar-refractivity contribution in [2.24, 2.45) is 0 Å². The van der Waals surface area contributed by atoms with Crippen molar-refractivity contribution in [3.05, 3.63) is 58.8 Å². The lowest BCUT2D eigenvalue weighted by Gasteiger charge is -2.15. The monoisotopic (exact) mass is 276 g/mol. The van der Waals surface area contributed by atoms with E-state index < -0.39 is 0 Å². The van der Waals surface area contributed by atoms with Crippen molar-refractivity contribution in [1.82, 2.24) is 10.2 Å². The third kappa shape index (κ3) is 3.68. The Hall–Kier alpha value is -1.65. The Kier molecular flexibility index (Phi) is 4.93. The van der Waals surface area contributed by atoms with E-state index in [-0.39, 0.29) is 5.82 Å². The first-order valence-electron chi connectivity index (χ1n) is 6.75. The molecule has 1 aromatic carbocycles. The number of hydrogen-bond acceptors (Lipinski definition) is 3. The summed E-state index contributed by atoms with van der Waals surface area (Å²) in [5.74, 6) is 1.69. The van der Waals surface area contributed by atoms with Crippen molar-refractivity contribution in [2.75, 3.05) is 14.1 Å². The third-order valence-electron chi connectivity index (χ3n) is 3.26. The first-order chi connectivity index (χ1) is 9.60. The second-order valence-corrected chi connectivity index (χ2v) is 5.09. The van der Waals surface area contributed by atoms with Crippen LogP contribution < -0.4 is 5.32 Å². The Bertz CT molecular complexity index is 565. The van der Waals surface area contributed by atoms with Crippen molar-refractivity contribution >= 4 is 0 Å². The van der Waals surface area contributed by atoms with Gasteiger partial charge in [0, 0.05) is 24.2 Å².